The van der Waals surface area contributed by atoms with Crippen molar-refractivity contribution in [2.45, 2.75) is 76.9 Å². The summed E-state index contributed by atoms with van der Waals surface area (Å²) in [6, 6.07) is 3.11. The largest absolute Gasteiger partial charge is 0.508 e. The van der Waals surface area contributed by atoms with Crippen molar-refractivity contribution in [3.05, 3.63) is 63.7 Å². The Bertz CT molecular complexity index is 1830. The molecule has 1 saturated heterocycles. The number of aromatic nitrogens is 3. The molecule has 0 spiro atoms. The van der Waals surface area contributed by atoms with E-state index in [2.05, 4.69) is 9.97 Å². The molecule has 3 heterocycles. The Kier molecular flexibility index (Phi) is 8.33. The molecule has 4 aromatic rings. The molecule has 0 radical (unpaired) electrons. The predicted octanol–water partition coefficient (Wildman–Crippen LogP) is 7.48. The lowest BCUT2D eigenvalue weighted by atomic mass is 9.96. The highest BCUT2D eigenvalue weighted by molar-refractivity contribution is 5.93. The molecular weight excluding hydrogens is 583 g/mol. The normalized spacial score (nSPS) is 17.7. The second kappa shape index (κ2) is 12.7. The number of unbranched alkanes of at least 4 members (excludes halogenated alkanes) is 3. The number of aromatic hydroxyl groups is 1. The molecule has 1 unspecified atom stereocenters. The molecule has 1 aliphatic heterocycles. The topological polar surface area (TPSA) is 80.5 Å². The Morgan fingerprint density at radius 2 is 1.93 bits per heavy atom. The van der Waals surface area contributed by atoms with Crippen LogP contribution in [0.1, 0.15) is 78.8 Å². The van der Waals surface area contributed by atoms with Gasteiger partial charge in [0.1, 0.15) is 23.5 Å². The van der Waals surface area contributed by atoms with Gasteiger partial charge >= 0.3 is 12.2 Å². The monoisotopic (exact) mass is 620 g/mol. The lowest BCUT2D eigenvalue weighted by Gasteiger charge is -2.22. The smallest absolute Gasteiger partial charge is 0.431 e. The summed E-state index contributed by atoms with van der Waals surface area (Å²) in [5, 5.41) is 9.34. The number of likely N-dealkylation sites (N-methyl/N-ethyl adjacent to an activating group) is 1. The van der Waals surface area contributed by atoms with E-state index in [9.17, 15) is 27.5 Å². The summed E-state index contributed by atoms with van der Waals surface area (Å²) < 4.78 is 96.8. The molecule has 0 amide bonds. The lowest BCUT2D eigenvalue weighted by Crippen LogP contribution is -2.31. The average molecular weight is 621 g/mol. The van der Waals surface area contributed by atoms with Crippen LogP contribution in [0.25, 0.3) is 27.4 Å². The molecule has 2 aromatic heterocycles. The van der Waals surface area contributed by atoms with E-state index in [4.69, 9.17) is 7.48 Å². The van der Waals surface area contributed by atoms with Gasteiger partial charge in [0.15, 0.2) is 11.6 Å². The van der Waals surface area contributed by atoms with E-state index >= 15 is 4.39 Å². The Hall–Kier alpha value is -3.80. The van der Waals surface area contributed by atoms with Gasteiger partial charge in [0, 0.05) is 22.9 Å². The van der Waals surface area contributed by atoms with Crippen LogP contribution in [0.5, 0.6) is 11.8 Å². The number of phenols is 1. The molecule has 1 N–H and O–H groups in total. The van der Waals surface area contributed by atoms with Crippen molar-refractivity contribution in [2.75, 3.05) is 20.2 Å². The van der Waals surface area contributed by atoms with Crippen molar-refractivity contribution in [1.82, 2.24) is 19.4 Å². The molecule has 1 fully saturated rings. The standard InChI is InChI=1S/C32H35F5N4O3/c1-4-5-6-7-9-18(2)28-22-16-25(32(35,36)37)41(24-15-21(42)14-19-11-12-23(33)27(34)26(19)24)30(43)29(22)39-31(38-28)44-17-20-10-8-13-40(20)3/h11-12,14-16,18,20,42H,4-10,13,17H2,1-3H3/t18?,20-/m0/s1/i17D2. The van der Waals surface area contributed by atoms with Gasteiger partial charge in [-0.05, 0) is 62.4 Å². The van der Waals surface area contributed by atoms with Gasteiger partial charge in [0.25, 0.3) is 5.56 Å². The van der Waals surface area contributed by atoms with Crippen LogP contribution in [0.2, 0.25) is 0 Å². The van der Waals surface area contributed by atoms with Crippen molar-refractivity contribution in [1.29, 1.82) is 0 Å². The van der Waals surface area contributed by atoms with Crippen LogP contribution in [-0.2, 0) is 6.18 Å². The molecule has 2 aromatic carbocycles. The van der Waals surface area contributed by atoms with E-state index in [1.165, 1.54) is 0 Å². The summed E-state index contributed by atoms with van der Waals surface area (Å²) in [6.45, 7) is 2.11. The second-order valence-electron chi connectivity index (χ2n) is 11.4. The minimum Gasteiger partial charge on any atom is -0.508 e. The first-order valence-corrected chi connectivity index (χ1v) is 14.7. The Labute approximate surface area is 254 Å². The molecule has 1 aliphatic rings. The molecular formula is C32H35F5N4O3. The molecule has 0 bridgehead atoms. The number of alkyl halides is 3. The van der Waals surface area contributed by atoms with Crippen molar-refractivity contribution >= 4 is 21.7 Å². The third-order valence-corrected chi connectivity index (χ3v) is 8.15. The van der Waals surface area contributed by atoms with E-state index in [1.807, 2.05) is 6.92 Å². The van der Waals surface area contributed by atoms with Crippen molar-refractivity contribution in [2.24, 2.45) is 0 Å². The van der Waals surface area contributed by atoms with Gasteiger partial charge < -0.3 is 14.7 Å². The van der Waals surface area contributed by atoms with Gasteiger partial charge in [-0.15, -0.1) is 0 Å². The molecule has 0 saturated carbocycles. The van der Waals surface area contributed by atoms with Gasteiger partial charge in [0.2, 0.25) is 0 Å². The first-order valence-electron chi connectivity index (χ1n) is 15.7. The van der Waals surface area contributed by atoms with Crippen LogP contribution < -0.4 is 10.3 Å². The highest BCUT2D eigenvalue weighted by atomic mass is 19.4. The number of pyridine rings is 1. The maximum atomic E-state index is 15.2. The first-order chi connectivity index (χ1) is 21.6. The van der Waals surface area contributed by atoms with Crippen molar-refractivity contribution in [3.8, 4) is 17.4 Å². The van der Waals surface area contributed by atoms with Crippen LogP contribution in [0.4, 0.5) is 22.0 Å². The van der Waals surface area contributed by atoms with Crippen LogP contribution in [-0.4, -0.2) is 50.7 Å². The lowest BCUT2D eigenvalue weighted by molar-refractivity contribution is -0.142. The SMILES string of the molecule is [2H]C([2H])(Oc1nc(C(C)CCCCCC)c2cc(C(F)(F)F)n(-c3cc(O)cc4ccc(F)c(F)c34)c(=O)c2n1)[C@@H]1CCCN1C. The van der Waals surface area contributed by atoms with Gasteiger partial charge in [-0.2, -0.15) is 23.1 Å². The molecule has 0 aliphatic carbocycles. The van der Waals surface area contributed by atoms with Gasteiger partial charge in [-0.1, -0.05) is 45.6 Å². The number of ether oxygens (including phenoxy) is 1. The predicted molar refractivity (Wildman–Crippen MR) is 158 cm³/mol. The second-order valence-corrected chi connectivity index (χ2v) is 11.4. The minimum absolute atomic E-state index is 0.0693. The van der Waals surface area contributed by atoms with Crippen LogP contribution in [0, 0.1) is 11.6 Å². The van der Waals surface area contributed by atoms with Gasteiger partial charge in [-0.3, -0.25) is 9.36 Å². The molecule has 5 rings (SSSR count). The van der Waals surface area contributed by atoms with E-state index in [0.29, 0.717) is 25.5 Å². The highest BCUT2D eigenvalue weighted by Gasteiger charge is 2.37. The molecule has 2 atom stereocenters. The fourth-order valence-electron chi connectivity index (χ4n) is 5.79. The van der Waals surface area contributed by atoms with Crippen LogP contribution >= 0.6 is 0 Å². The maximum Gasteiger partial charge on any atom is 0.431 e. The van der Waals surface area contributed by atoms with E-state index < -0.39 is 75.9 Å². The summed E-state index contributed by atoms with van der Waals surface area (Å²) in [4.78, 5) is 24.5. The van der Waals surface area contributed by atoms with Crippen molar-refractivity contribution in [3.63, 3.8) is 0 Å². The summed E-state index contributed by atoms with van der Waals surface area (Å²) >= 11 is 0. The summed E-state index contributed by atoms with van der Waals surface area (Å²) in [5.41, 5.74) is -4.08. The van der Waals surface area contributed by atoms with Crippen LogP contribution in [0.3, 0.4) is 0 Å². The van der Waals surface area contributed by atoms with Crippen LogP contribution in [0.15, 0.2) is 35.1 Å². The molecule has 236 valence electrons. The van der Waals surface area contributed by atoms with Gasteiger partial charge in [0.05, 0.1) is 14.1 Å². The number of fused-ring (bicyclic) bond motifs is 2. The third-order valence-electron chi connectivity index (χ3n) is 8.15. The van der Waals surface area contributed by atoms with E-state index in [-0.39, 0.29) is 21.0 Å². The Morgan fingerprint density at radius 1 is 1.16 bits per heavy atom. The number of phenolic OH excluding ortho intramolecular Hbond substituents is 1. The third kappa shape index (κ3) is 6.22. The molecule has 12 heteroatoms. The fraction of sp³-hybridized carbons (Fsp3) is 0.469. The number of rotatable bonds is 10. The van der Waals surface area contributed by atoms with Gasteiger partial charge in [-0.25, -0.2) is 8.78 Å². The molecule has 44 heavy (non-hydrogen) atoms. The zero-order chi connectivity index (χ0) is 33.6. The highest BCUT2D eigenvalue weighted by Crippen LogP contribution is 2.38. The number of hydrogen-bond donors (Lipinski definition) is 1. The minimum atomic E-state index is -5.17. The number of halogens is 5. The van der Waals surface area contributed by atoms with E-state index in [0.717, 1.165) is 56.4 Å². The first kappa shape index (κ1) is 28.9. The number of nitrogens with zero attached hydrogens (tertiary/aromatic N) is 4. The molecule has 7 nitrogen and oxygen atoms in total. The zero-order valence-electron chi connectivity index (χ0n) is 26.6. The summed E-state index contributed by atoms with van der Waals surface area (Å²) in [6.07, 6.45) is 0.0702. The fourth-order valence-corrected chi connectivity index (χ4v) is 5.79. The average Bonchev–Trinajstić information content (AvgIpc) is 3.43. The van der Waals surface area contributed by atoms with Crippen molar-refractivity contribution < 1.29 is 34.5 Å². The summed E-state index contributed by atoms with van der Waals surface area (Å²) in [7, 11) is 1.74. The summed E-state index contributed by atoms with van der Waals surface area (Å²) in [5.74, 6) is -3.93. The zero-order valence-corrected chi connectivity index (χ0v) is 24.6. The Balaban J connectivity index is 1.80. The number of likely N-dealkylation sites (tertiary alicyclic amines) is 1. The Morgan fingerprint density at radius 3 is 2.61 bits per heavy atom. The quantitative estimate of drug-likeness (QED) is 0.146. The number of benzene rings is 2. The maximum absolute atomic E-state index is 15.2. The number of hydrogen-bond acceptors (Lipinski definition) is 6. The van der Waals surface area contributed by atoms with E-state index in [1.54, 1.807) is 18.9 Å².